The Kier molecular flexibility index (Phi) is 6.22. The van der Waals surface area contributed by atoms with E-state index in [0.717, 1.165) is 12.6 Å². The number of rotatable bonds is 6. The van der Waals surface area contributed by atoms with Crippen molar-refractivity contribution in [3.05, 3.63) is 0 Å². The summed E-state index contributed by atoms with van der Waals surface area (Å²) in [7, 11) is 2.22. The normalized spacial score (nSPS) is 23.6. The molecular formula is C12H27N3. The van der Waals surface area contributed by atoms with Crippen molar-refractivity contribution in [1.29, 1.82) is 0 Å². The number of piperidine rings is 1. The molecule has 0 saturated carbocycles. The first-order valence-corrected chi connectivity index (χ1v) is 6.40. The summed E-state index contributed by atoms with van der Waals surface area (Å²) in [6.45, 7) is 11.6. The Morgan fingerprint density at radius 1 is 1.33 bits per heavy atom. The summed E-state index contributed by atoms with van der Waals surface area (Å²) in [5.41, 5.74) is 0. The van der Waals surface area contributed by atoms with E-state index in [2.05, 4.69) is 36.0 Å². The first-order valence-electron chi connectivity index (χ1n) is 6.40. The molecule has 1 heterocycles. The van der Waals surface area contributed by atoms with E-state index in [4.69, 9.17) is 0 Å². The van der Waals surface area contributed by atoms with Gasteiger partial charge in [-0.1, -0.05) is 13.8 Å². The molecule has 1 aliphatic heterocycles. The highest BCUT2D eigenvalue weighted by Crippen LogP contribution is 2.07. The van der Waals surface area contributed by atoms with E-state index in [-0.39, 0.29) is 0 Å². The third-order valence-electron chi connectivity index (χ3n) is 3.38. The number of nitrogens with one attached hydrogen (secondary N) is 1. The lowest BCUT2D eigenvalue weighted by atomic mass is 10.1. The van der Waals surface area contributed by atoms with Crippen molar-refractivity contribution in [2.75, 3.05) is 46.3 Å². The van der Waals surface area contributed by atoms with Gasteiger partial charge in [-0.3, -0.25) is 0 Å². The summed E-state index contributed by atoms with van der Waals surface area (Å²) >= 11 is 0. The Balaban J connectivity index is 2.08. The number of likely N-dealkylation sites (N-methyl/N-ethyl adjacent to an activating group) is 2. The maximum absolute atomic E-state index is 3.67. The topological polar surface area (TPSA) is 18.5 Å². The van der Waals surface area contributed by atoms with Crippen LogP contribution in [0.5, 0.6) is 0 Å². The highest BCUT2D eigenvalue weighted by Gasteiger charge is 2.15. The SMILES string of the molecule is CCN(CC)CCNC1CCCN(C)C1. The Bertz CT molecular complexity index is 157. The van der Waals surface area contributed by atoms with Crippen molar-refractivity contribution in [3.8, 4) is 0 Å². The van der Waals surface area contributed by atoms with E-state index in [9.17, 15) is 0 Å². The van der Waals surface area contributed by atoms with Gasteiger partial charge in [-0.2, -0.15) is 0 Å². The molecular weight excluding hydrogens is 186 g/mol. The number of nitrogens with zero attached hydrogens (tertiary/aromatic N) is 2. The largest absolute Gasteiger partial charge is 0.311 e. The van der Waals surface area contributed by atoms with Crippen LogP contribution in [-0.2, 0) is 0 Å². The van der Waals surface area contributed by atoms with Gasteiger partial charge in [0.25, 0.3) is 0 Å². The predicted octanol–water partition coefficient (Wildman–Crippen LogP) is 1.01. The lowest BCUT2D eigenvalue weighted by molar-refractivity contribution is 0.218. The third-order valence-corrected chi connectivity index (χ3v) is 3.38. The molecule has 1 fully saturated rings. The third kappa shape index (κ3) is 4.96. The minimum Gasteiger partial charge on any atom is -0.311 e. The van der Waals surface area contributed by atoms with Gasteiger partial charge < -0.3 is 15.1 Å². The molecule has 0 amide bonds. The fourth-order valence-corrected chi connectivity index (χ4v) is 2.30. The van der Waals surface area contributed by atoms with Gasteiger partial charge in [-0.25, -0.2) is 0 Å². The molecule has 3 heteroatoms. The Morgan fingerprint density at radius 2 is 2.07 bits per heavy atom. The number of hydrogen-bond donors (Lipinski definition) is 1. The zero-order valence-electron chi connectivity index (χ0n) is 10.6. The molecule has 0 aromatic carbocycles. The molecule has 1 saturated heterocycles. The molecule has 90 valence electrons. The van der Waals surface area contributed by atoms with Crippen LogP contribution in [0.15, 0.2) is 0 Å². The highest BCUT2D eigenvalue weighted by atomic mass is 15.2. The first-order chi connectivity index (χ1) is 7.26. The summed E-state index contributed by atoms with van der Waals surface area (Å²) < 4.78 is 0. The lowest BCUT2D eigenvalue weighted by Crippen LogP contribution is -2.46. The highest BCUT2D eigenvalue weighted by molar-refractivity contribution is 4.76. The molecule has 1 N–H and O–H groups in total. The zero-order valence-corrected chi connectivity index (χ0v) is 10.6. The van der Waals surface area contributed by atoms with Crippen LogP contribution >= 0.6 is 0 Å². The van der Waals surface area contributed by atoms with E-state index in [1.54, 1.807) is 0 Å². The lowest BCUT2D eigenvalue weighted by Gasteiger charge is -2.31. The monoisotopic (exact) mass is 213 g/mol. The Labute approximate surface area is 94.8 Å². The molecule has 0 aromatic heterocycles. The molecule has 0 aliphatic carbocycles. The molecule has 0 radical (unpaired) electrons. The fourth-order valence-electron chi connectivity index (χ4n) is 2.30. The summed E-state index contributed by atoms with van der Waals surface area (Å²) in [4.78, 5) is 4.90. The van der Waals surface area contributed by atoms with Gasteiger partial charge in [0.15, 0.2) is 0 Å². The number of likely N-dealkylation sites (tertiary alicyclic amines) is 1. The van der Waals surface area contributed by atoms with Crippen molar-refractivity contribution in [2.24, 2.45) is 0 Å². The Hall–Kier alpha value is -0.120. The van der Waals surface area contributed by atoms with Gasteiger partial charge in [-0.15, -0.1) is 0 Å². The van der Waals surface area contributed by atoms with Crippen LogP contribution < -0.4 is 5.32 Å². The fraction of sp³-hybridized carbons (Fsp3) is 1.00. The summed E-state index contributed by atoms with van der Waals surface area (Å²) in [5.74, 6) is 0. The molecule has 0 spiro atoms. The van der Waals surface area contributed by atoms with Crippen LogP contribution in [0.1, 0.15) is 26.7 Å². The average molecular weight is 213 g/mol. The van der Waals surface area contributed by atoms with Gasteiger partial charge >= 0.3 is 0 Å². The van der Waals surface area contributed by atoms with Crippen LogP contribution in [-0.4, -0.2) is 62.2 Å². The van der Waals surface area contributed by atoms with Gasteiger partial charge in [0.2, 0.25) is 0 Å². The second-order valence-corrected chi connectivity index (χ2v) is 4.58. The van der Waals surface area contributed by atoms with Crippen LogP contribution in [0.2, 0.25) is 0 Å². The molecule has 1 rings (SSSR count). The summed E-state index contributed by atoms with van der Waals surface area (Å²) in [6, 6.07) is 0.722. The quantitative estimate of drug-likeness (QED) is 0.710. The van der Waals surface area contributed by atoms with Gasteiger partial charge in [0, 0.05) is 25.7 Å². The molecule has 1 aliphatic rings. The standard InChI is InChI=1S/C12H27N3/c1-4-15(5-2)10-8-13-12-7-6-9-14(3)11-12/h12-13H,4-11H2,1-3H3. The van der Waals surface area contributed by atoms with E-state index in [1.165, 1.54) is 45.6 Å². The minimum atomic E-state index is 0.722. The summed E-state index contributed by atoms with van der Waals surface area (Å²) in [5, 5.41) is 3.67. The van der Waals surface area contributed by atoms with E-state index in [1.807, 2.05) is 0 Å². The molecule has 0 aromatic rings. The van der Waals surface area contributed by atoms with Crippen LogP contribution in [0, 0.1) is 0 Å². The maximum atomic E-state index is 3.67. The van der Waals surface area contributed by atoms with Crippen molar-refractivity contribution in [1.82, 2.24) is 15.1 Å². The summed E-state index contributed by atoms with van der Waals surface area (Å²) in [6.07, 6.45) is 2.70. The Morgan fingerprint density at radius 3 is 2.67 bits per heavy atom. The van der Waals surface area contributed by atoms with Crippen molar-refractivity contribution >= 4 is 0 Å². The maximum Gasteiger partial charge on any atom is 0.0195 e. The first kappa shape index (κ1) is 12.9. The van der Waals surface area contributed by atoms with Gasteiger partial charge in [-0.05, 0) is 39.5 Å². The van der Waals surface area contributed by atoms with E-state index < -0.39 is 0 Å². The van der Waals surface area contributed by atoms with Crippen LogP contribution in [0.3, 0.4) is 0 Å². The average Bonchev–Trinajstić information content (AvgIpc) is 2.25. The van der Waals surface area contributed by atoms with E-state index >= 15 is 0 Å². The van der Waals surface area contributed by atoms with Gasteiger partial charge in [0.05, 0.1) is 0 Å². The van der Waals surface area contributed by atoms with Crippen molar-refractivity contribution in [2.45, 2.75) is 32.7 Å². The molecule has 1 atom stereocenters. The zero-order chi connectivity index (χ0) is 11.1. The second kappa shape index (κ2) is 7.20. The van der Waals surface area contributed by atoms with Gasteiger partial charge in [0.1, 0.15) is 0 Å². The molecule has 3 nitrogen and oxygen atoms in total. The molecule has 15 heavy (non-hydrogen) atoms. The number of hydrogen-bond acceptors (Lipinski definition) is 3. The molecule has 1 unspecified atom stereocenters. The van der Waals surface area contributed by atoms with E-state index in [0.29, 0.717) is 0 Å². The van der Waals surface area contributed by atoms with Crippen molar-refractivity contribution < 1.29 is 0 Å². The predicted molar refractivity (Wildman–Crippen MR) is 66.3 cm³/mol. The minimum absolute atomic E-state index is 0.722. The second-order valence-electron chi connectivity index (χ2n) is 4.58. The van der Waals surface area contributed by atoms with Crippen molar-refractivity contribution in [3.63, 3.8) is 0 Å². The van der Waals surface area contributed by atoms with Crippen LogP contribution in [0.4, 0.5) is 0 Å². The van der Waals surface area contributed by atoms with Crippen LogP contribution in [0.25, 0.3) is 0 Å². The smallest absolute Gasteiger partial charge is 0.0195 e. The molecule has 0 bridgehead atoms.